The third kappa shape index (κ3) is 5.18. The van der Waals surface area contributed by atoms with Crippen molar-refractivity contribution in [2.24, 2.45) is 5.92 Å². The summed E-state index contributed by atoms with van der Waals surface area (Å²) in [5.41, 5.74) is 0.141. The molecule has 9 heteroatoms. The largest absolute Gasteiger partial charge is 0.493 e. The Morgan fingerprint density at radius 1 is 1.17 bits per heavy atom. The first-order valence-corrected chi connectivity index (χ1v) is 11.7. The fourth-order valence-electron chi connectivity index (χ4n) is 4.63. The van der Waals surface area contributed by atoms with E-state index in [-0.39, 0.29) is 23.7 Å². The zero-order valence-corrected chi connectivity index (χ0v) is 19.9. The lowest BCUT2D eigenvalue weighted by Gasteiger charge is -2.31. The van der Waals surface area contributed by atoms with Crippen LogP contribution < -0.4 is 9.47 Å². The number of nitrogens with zero attached hydrogens (tertiary/aromatic N) is 3. The summed E-state index contributed by atoms with van der Waals surface area (Å²) in [5.74, 6) is 0.592. The zero-order chi connectivity index (χ0) is 25.2. The van der Waals surface area contributed by atoms with Crippen LogP contribution in [0.25, 0.3) is 10.9 Å². The Labute approximate surface area is 202 Å². The number of fused-ring (bicyclic) bond motifs is 1. The van der Waals surface area contributed by atoms with Crippen molar-refractivity contribution in [3.8, 4) is 11.6 Å². The van der Waals surface area contributed by atoms with E-state index in [1.54, 1.807) is 17.2 Å². The van der Waals surface area contributed by atoms with Gasteiger partial charge in [0.1, 0.15) is 17.4 Å². The molecule has 0 N–H and O–H groups in total. The van der Waals surface area contributed by atoms with Gasteiger partial charge in [-0.15, -0.1) is 0 Å². The first-order valence-electron chi connectivity index (χ1n) is 11.7. The molecule has 3 heterocycles. The standard InChI is InChI=1S/C26H28F3N3O3/c1-4-20(35-22-11-9-18(14-31-22)26(27,28)29)19-13-16(3)15-32(19)25(33)23-21(34-5-2)10-8-17-7-6-12-30-24(17)23/h6-12,14,16,19-20H,4-5,13,15H2,1-3H3. The molecule has 3 atom stereocenters. The van der Waals surface area contributed by atoms with Crippen LogP contribution in [0, 0.1) is 5.92 Å². The number of likely N-dealkylation sites (tertiary alicyclic amines) is 1. The van der Waals surface area contributed by atoms with Gasteiger partial charge in [0.25, 0.3) is 5.91 Å². The quantitative estimate of drug-likeness (QED) is 0.424. The number of rotatable bonds is 7. The highest BCUT2D eigenvalue weighted by atomic mass is 19.4. The smallest absolute Gasteiger partial charge is 0.417 e. The minimum Gasteiger partial charge on any atom is -0.493 e. The topological polar surface area (TPSA) is 64.5 Å². The monoisotopic (exact) mass is 487 g/mol. The average Bonchev–Trinajstić information content (AvgIpc) is 3.23. The first kappa shape index (κ1) is 24.8. The molecule has 1 aliphatic heterocycles. The van der Waals surface area contributed by atoms with Gasteiger partial charge in [0.05, 0.1) is 23.7 Å². The van der Waals surface area contributed by atoms with Gasteiger partial charge in [-0.3, -0.25) is 9.78 Å². The van der Waals surface area contributed by atoms with Crippen LogP contribution in [0.15, 0.2) is 48.8 Å². The number of benzene rings is 1. The molecule has 1 aromatic carbocycles. The van der Waals surface area contributed by atoms with E-state index in [9.17, 15) is 18.0 Å². The molecule has 0 bridgehead atoms. The number of amides is 1. The molecule has 35 heavy (non-hydrogen) atoms. The molecule has 1 aliphatic rings. The van der Waals surface area contributed by atoms with E-state index in [1.165, 1.54) is 6.07 Å². The van der Waals surface area contributed by atoms with Gasteiger partial charge in [-0.05, 0) is 49.9 Å². The highest BCUT2D eigenvalue weighted by Gasteiger charge is 2.40. The Morgan fingerprint density at radius 3 is 2.63 bits per heavy atom. The van der Waals surface area contributed by atoms with E-state index < -0.39 is 17.8 Å². The Balaban J connectivity index is 1.65. The summed E-state index contributed by atoms with van der Waals surface area (Å²) in [5, 5.41) is 0.834. The average molecular weight is 488 g/mol. The lowest BCUT2D eigenvalue weighted by Crippen LogP contribution is -2.45. The fraction of sp³-hybridized carbons (Fsp3) is 0.423. The molecule has 0 radical (unpaired) electrons. The minimum absolute atomic E-state index is 0.0960. The second kappa shape index (κ2) is 10.1. The minimum atomic E-state index is -4.47. The van der Waals surface area contributed by atoms with Crippen LogP contribution >= 0.6 is 0 Å². The first-order chi connectivity index (χ1) is 16.7. The summed E-state index contributed by atoms with van der Waals surface area (Å²) in [4.78, 5) is 24.1. The van der Waals surface area contributed by atoms with Crippen LogP contribution in [-0.4, -0.2) is 46.1 Å². The number of carbonyl (C=O) groups is 1. The number of aromatic nitrogens is 2. The van der Waals surface area contributed by atoms with Crippen molar-refractivity contribution < 1.29 is 27.4 Å². The number of hydrogen-bond donors (Lipinski definition) is 0. The van der Waals surface area contributed by atoms with E-state index >= 15 is 0 Å². The second-order valence-corrected chi connectivity index (χ2v) is 8.76. The number of ether oxygens (including phenoxy) is 2. The van der Waals surface area contributed by atoms with Crippen LogP contribution in [0.1, 0.15) is 49.5 Å². The number of carbonyl (C=O) groups excluding carboxylic acids is 1. The van der Waals surface area contributed by atoms with E-state index in [1.807, 2.05) is 32.0 Å². The fourth-order valence-corrected chi connectivity index (χ4v) is 4.63. The molecule has 3 aromatic rings. The maximum absolute atomic E-state index is 14.0. The van der Waals surface area contributed by atoms with Gasteiger partial charge in [-0.1, -0.05) is 19.9 Å². The predicted octanol–water partition coefficient (Wildman–Crippen LogP) is 5.76. The van der Waals surface area contributed by atoms with Crippen molar-refractivity contribution in [3.05, 3.63) is 59.9 Å². The lowest BCUT2D eigenvalue weighted by atomic mass is 10.0. The maximum Gasteiger partial charge on any atom is 0.417 e. The van der Waals surface area contributed by atoms with Crippen LogP contribution in [0.3, 0.4) is 0 Å². The van der Waals surface area contributed by atoms with Gasteiger partial charge in [0.2, 0.25) is 5.88 Å². The maximum atomic E-state index is 14.0. The number of halogens is 3. The SMILES string of the molecule is CCOc1ccc2cccnc2c1C(=O)N1CC(C)CC1C(CC)Oc1ccc(C(F)(F)F)cn1. The summed E-state index contributed by atoms with van der Waals surface area (Å²) in [6.45, 7) is 6.77. The third-order valence-electron chi connectivity index (χ3n) is 6.23. The second-order valence-electron chi connectivity index (χ2n) is 8.76. The van der Waals surface area contributed by atoms with Crippen molar-refractivity contribution in [3.63, 3.8) is 0 Å². The van der Waals surface area contributed by atoms with Crippen molar-refractivity contribution in [2.45, 2.75) is 51.9 Å². The van der Waals surface area contributed by atoms with Gasteiger partial charge >= 0.3 is 6.18 Å². The number of pyridine rings is 2. The highest BCUT2D eigenvalue weighted by molar-refractivity contribution is 6.08. The van der Waals surface area contributed by atoms with Crippen molar-refractivity contribution in [1.82, 2.24) is 14.9 Å². The number of alkyl halides is 3. The molecule has 186 valence electrons. The van der Waals surface area contributed by atoms with Gasteiger partial charge in [0, 0.05) is 30.4 Å². The Bertz CT molecular complexity index is 1180. The molecule has 0 saturated carbocycles. The Kier molecular flexibility index (Phi) is 7.14. The van der Waals surface area contributed by atoms with Crippen LogP contribution in [0.5, 0.6) is 11.6 Å². The predicted molar refractivity (Wildman–Crippen MR) is 125 cm³/mol. The summed E-state index contributed by atoms with van der Waals surface area (Å²) < 4.78 is 50.5. The summed E-state index contributed by atoms with van der Waals surface area (Å²) in [6, 6.07) is 9.27. The molecule has 4 rings (SSSR count). The van der Waals surface area contributed by atoms with E-state index in [0.717, 1.165) is 17.6 Å². The number of hydrogen-bond acceptors (Lipinski definition) is 5. The lowest BCUT2D eigenvalue weighted by molar-refractivity contribution is -0.137. The van der Waals surface area contributed by atoms with Crippen LogP contribution in [0.4, 0.5) is 13.2 Å². The summed E-state index contributed by atoms with van der Waals surface area (Å²) >= 11 is 0. The normalized spacial score (nSPS) is 19.1. The Hall–Kier alpha value is -3.36. The van der Waals surface area contributed by atoms with Gasteiger partial charge < -0.3 is 14.4 Å². The van der Waals surface area contributed by atoms with Crippen LogP contribution in [-0.2, 0) is 6.18 Å². The molecule has 1 amide bonds. The zero-order valence-electron chi connectivity index (χ0n) is 19.9. The Morgan fingerprint density at radius 2 is 1.97 bits per heavy atom. The molecule has 0 spiro atoms. The molecule has 1 fully saturated rings. The van der Waals surface area contributed by atoms with Crippen molar-refractivity contribution in [1.29, 1.82) is 0 Å². The van der Waals surface area contributed by atoms with Gasteiger partial charge in [-0.25, -0.2) is 4.98 Å². The summed E-state index contributed by atoms with van der Waals surface area (Å²) in [6.07, 6.45) is -1.24. The van der Waals surface area contributed by atoms with E-state index in [4.69, 9.17) is 9.47 Å². The molecule has 6 nitrogen and oxygen atoms in total. The summed E-state index contributed by atoms with van der Waals surface area (Å²) in [7, 11) is 0. The molecule has 3 unspecified atom stereocenters. The van der Waals surface area contributed by atoms with Gasteiger partial charge in [0.15, 0.2) is 0 Å². The molecular weight excluding hydrogens is 459 g/mol. The third-order valence-corrected chi connectivity index (χ3v) is 6.23. The van der Waals surface area contributed by atoms with Gasteiger partial charge in [-0.2, -0.15) is 13.2 Å². The molecule has 2 aromatic heterocycles. The van der Waals surface area contributed by atoms with Crippen LogP contribution in [0.2, 0.25) is 0 Å². The van der Waals surface area contributed by atoms with E-state index in [2.05, 4.69) is 16.9 Å². The molecule has 1 saturated heterocycles. The van der Waals surface area contributed by atoms with Crippen molar-refractivity contribution in [2.75, 3.05) is 13.2 Å². The highest BCUT2D eigenvalue weighted by Crippen LogP contribution is 2.35. The molecular formula is C26H28F3N3O3. The molecule has 0 aliphatic carbocycles. The van der Waals surface area contributed by atoms with E-state index in [0.29, 0.717) is 42.8 Å². The van der Waals surface area contributed by atoms with Crippen molar-refractivity contribution >= 4 is 16.8 Å².